The number of H-pyrrole nitrogens is 1. The average molecular weight is 506 g/mol. The van der Waals surface area contributed by atoms with Crippen LogP contribution >= 0.6 is 0 Å². The fraction of sp³-hybridized carbons (Fsp3) is 0.222. The Morgan fingerprint density at radius 3 is 2.62 bits per heavy atom. The Kier molecular flexibility index (Phi) is 6.47. The summed E-state index contributed by atoms with van der Waals surface area (Å²) < 4.78 is 35.3. The van der Waals surface area contributed by atoms with Gasteiger partial charge in [-0.15, -0.1) is 0 Å². The summed E-state index contributed by atoms with van der Waals surface area (Å²) in [5.41, 5.74) is 7.58. The van der Waals surface area contributed by atoms with Gasteiger partial charge in [0.2, 0.25) is 5.91 Å². The van der Waals surface area contributed by atoms with Crippen molar-refractivity contribution in [3.8, 4) is 22.6 Å². The number of aromatic nitrogens is 3. The minimum atomic E-state index is -0.806. The number of fused-ring (bicyclic) bond motifs is 1. The molecule has 0 bridgehead atoms. The van der Waals surface area contributed by atoms with E-state index >= 15 is 0 Å². The number of piperidine rings is 1. The number of allylic oxidation sites excluding steroid dienone is 1. The highest BCUT2D eigenvalue weighted by Crippen LogP contribution is 2.37. The Morgan fingerprint density at radius 2 is 1.92 bits per heavy atom. The van der Waals surface area contributed by atoms with Crippen molar-refractivity contribution in [2.75, 3.05) is 18.8 Å². The summed E-state index contributed by atoms with van der Waals surface area (Å²) in [6, 6.07) is 9.97. The number of hydrogen-bond donors (Lipinski definition) is 2. The van der Waals surface area contributed by atoms with Gasteiger partial charge in [0, 0.05) is 24.8 Å². The zero-order valence-electron chi connectivity index (χ0n) is 20.1. The second-order valence-electron chi connectivity index (χ2n) is 8.87. The van der Waals surface area contributed by atoms with Gasteiger partial charge in [0.25, 0.3) is 5.56 Å². The molecule has 0 unspecified atom stereocenters. The molecular weight excluding hydrogens is 480 g/mol. The number of carbonyl (C=O) groups excluding carboxylic acids is 1. The van der Waals surface area contributed by atoms with Crippen molar-refractivity contribution in [2.24, 2.45) is 0 Å². The average Bonchev–Trinajstić information content (AvgIpc) is 3.31. The SMILES string of the molecule is CC=CC(=O)N1CCC[C@@H](n2cc(-c3ccc(Oc4c(F)cccc4F)cc3)c3c(N)n[nH]c(=O)c32)C1. The van der Waals surface area contributed by atoms with Gasteiger partial charge in [-0.1, -0.05) is 24.3 Å². The van der Waals surface area contributed by atoms with Crippen LogP contribution in [0.2, 0.25) is 0 Å². The van der Waals surface area contributed by atoms with E-state index in [0.717, 1.165) is 25.0 Å². The molecule has 0 aliphatic carbocycles. The Labute approximate surface area is 211 Å². The number of ether oxygens (including phenoxy) is 1. The van der Waals surface area contributed by atoms with Crippen molar-refractivity contribution in [2.45, 2.75) is 25.8 Å². The third-order valence-electron chi connectivity index (χ3n) is 6.50. The monoisotopic (exact) mass is 505 g/mol. The molecule has 1 amide bonds. The van der Waals surface area contributed by atoms with E-state index in [0.29, 0.717) is 35.1 Å². The molecule has 10 heteroatoms. The lowest BCUT2D eigenvalue weighted by molar-refractivity contribution is -0.127. The summed E-state index contributed by atoms with van der Waals surface area (Å²) in [6.45, 7) is 2.90. The van der Waals surface area contributed by atoms with Crippen LogP contribution in [0.25, 0.3) is 22.0 Å². The van der Waals surface area contributed by atoms with Crippen LogP contribution in [-0.2, 0) is 4.79 Å². The van der Waals surface area contributed by atoms with Gasteiger partial charge in [-0.2, -0.15) is 5.10 Å². The Hall–Kier alpha value is -4.47. The molecule has 0 spiro atoms. The van der Waals surface area contributed by atoms with E-state index in [1.165, 1.54) is 12.1 Å². The van der Waals surface area contributed by atoms with Gasteiger partial charge in [0.05, 0.1) is 11.4 Å². The molecule has 1 aliphatic rings. The smallest absolute Gasteiger partial charge is 0.288 e. The molecular formula is C27H25F2N5O3. The number of nitrogen functional groups attached to an aromatic ring is 1. The number of anilines is 1. The van der Waals surface area contributed by atoms with E-state index in [1.54, 1.807) is 42.2 Å². The molecule has 2 aromatic heterocycles. The van der Waals surface area contributed by atoms with E-state index in [9.17, 15) is 18.4 Å². The highest BCUT2D eigenvalue weighted by molar-refractivity contribution is 6.02. The Balaban J connectivity index is 1.53. The second kappa shape index (κ2) is 9.88. The fourth-order valence-electron chi connectivity index (χ4n) is 4.77. The first-order chi connectivity index (χ1) is 17.9. The molecule has 5 rings (SSSR count). The summed E-state index contributed by atoms with van der Waals surface area (Å²) in [7, 11) is 0. The standard InChI is InChI=1S/C27H25F2N5O3/c1-2-5-22(35)33-13-4-6-17(14-33)34-15-19(23-24(34)27(36)32-31-26(23)30)16-9-11-18(12-10-16)37-25-20(28)7-3-8-21(25)29/h2-3,5,7-12,15,17H,4,6,13-14H2,1H3,(H2,30,31)(H,32,36)/t17-/m1/s1. The van der Waals surface area contributed by atoms with Gasteiger partial charge in [-0.05, 0) is 55.7 Å². The molecule has 0 radical (unpaired) electrons. The van der Waals surface area contributed by atoms with E-state index in [4.69, 9.17) is 10.5 Å². The topological polar surface area (TPSA) is 106 Å². The predicted molar refractivity (Wildman–Crippen MR) is 136 cm³/mol. The van der Waals surface area contributed by atoms with Crippen LogP contribution in [0.3, 0.4) is 0 Å². The lowest BCUT2D eigenvalue weighted by Crippen LogP contribution is -2.40. The molecule has 1 fully saturated rings. The summed E-state index contributed by atoms with van der Waals surface area (Å²) in [5.74, 6) is -1.76. The number of nitrogens with two attached hydrogens (primary N) is 1. The maximum Gasteiger partial charge on any atom is 0.288 e. The molecule has 1 atom stereocenters. The zero-order valence-corrected chi connectivity index (χ0v) is 20.1. The van der Waals surface area contributed by atoms with Crippen molar-refractivity contribution < 1.29 is 18.3 Å². The second-order valence-corrected chi connectivity index (χ2v) is 8.87. The summed E-state index contributed by atoms with van der Waals surface area (Å²) in [6.07, 6.45) is 6.66. The number of rotatable bonds is 5. The van der Waals surface area contributed by atoms with Gasteiger partial charge < -0.3 is 19.9 Å². The van der Waals surface area contributed by atoms with Crippen LogP contribution in [0, 0.1) is 11.6 Å². The lowest BCUT2D eigenvalue weighted by Gasteiger charge is -2.33. The number of para-hydroxylation sites is 1. The molecule has 3 heterocycles. The van der Waals surface area contributed by atoms with Gasteiger partial charge in [-0.25, -0.2) is 13.9 Å². The normalized spacial score (nSPS) is 16.0. The summed E-state index contributed by atoms with van der Waals surface area (Å²) in [5, 5.41) is 6.91. The van der Waals surface area contributed by atoms with Crippen LogP contribution in [0.1, 0.15) is 25.8 Å². The van der Waals surface area contributed by atoms with Crippen LogP contribution < -0.4 is 16.0 Å². The predicted octanol–water partition coefficient (Wildman–Crippen LogP) is 4.78. The largest absolute Gasteiger partial charge is 0.451 e. The molecule has 4 aromatic rings. The van der Waals surface area contributed by atoms with Crippen molar-refractivity contribution in [1.82, 2.24) is 19.7 Å². The number of hydrogen-bond acceptors (Lipinski definition) is 5. The maximum absolute atomic E-state index is 14.0. The first-order valence-corrected chi connectivity index (χ1v) is 11.9. The van der Waals surface area contributed by atoms with Crippen molar-refractivity contribution in [1.29, 1.82) is 0 Å². The van der Waals surface area contributed by atoms with E-state index < -0.39 is 17.4 Å². The summed E-state index contributed by atoms with van der Waals surface area (Å²) >= 11 is 0. The third-order valence-corrected chi connectivity index (χ3v) is 6.50. The van der Waals surface area contributed by atoms with E-state index in [1.807, 2.05) is 10.8 Å². The Morgan fingerprint density at radius 1 is 1.19 bits per heavy atom. The van der Waals surface area contributed by atoms with Crippen molar-refractivity contribution in [3.05, 3.63) is 82.8 Å². The van der Waals surface area contributed by atoms with Gasteiger partial charge in [-0.3, -0.25) is 9.59 Å². The number of nitrogens with one attached hydrogen (secondary N) is 1. The van der Waals surface area contributed by atoms with Crippen LogP contribution in [-0.4, -0.2) is 38.7 Å². The first kappa shape index (κ1) is 24.2. The number of halogens is 2. The van der Waals surface area contributed by atoms with Crippen LogP contribution in [0.15, 0.2) is 65.6 Å². The molecule has 1 saturated heterocycles. The molecule has 3 N–H and O–H groups in total. The molecule has 2 aromatic carbocycles. The minimum absolute atomic E-state index is 0.0687. The fourth-order valence-corrected chi connectivity index (χ4v) is 4.77. The number of likely N-dealkylation sites (tertiary alicyclic amines) is 1. The molecule has 0 saturated carbocycles. The summed E-state index contributed by atoms with van der Waals surface area (Å²) in [4.78, 5) is 27.1. The van der Waals surface area contributed by atoms with Gasteiger partial charge >= 0.3 is 0 Å². The zero-order chi connectivity index (χ0) is 26.1. The van der Waals surface area contributed by atoms with E-state index in [-0.39, 0.29) is 29.1 Å². The highest BCUT2D eigenvalue weighted by Gasteiger charge is 2.27. The first-order valence-electron chi connectivity index (χ1n) is 11.9. The van der Waals surface area contributed by atoms with Crippen molar-refractivity contribution in [3.63, 3.8) is 0 Å². The maximum atomic E-state index is 14.0. The molecule has 8 nitrogen and oxygen atoms in total. The lowest BCUT2D eigenvalue weighted by atomic mass is 10.1. The number of carbonyl (C=O) groups is 1. The molecule has 1 aliphatic heterocycles. The van der Waals surface area contributed by atoms with E-state index in [2.05, 4.69) is 10.2 Å². The molecule has 37 heavy (non-hydrogen) atoms. The van der Waals surface area contributed by atoms with Gasteiger partial charge in [0.1, 0.15) is 11.3 Å². The quantitative estimate of drug-likeness (QED) is 0.380. The Bertz CT molecular complexity index is 1540. The highest BCUT2D eigenvalue weighted by atomic mass is 19.1. The minimum Gasteiger partial charge on any atom is -0.451 e. The molecule has 190 valence electrons. The number of aromatic amines is 1. The van der Waals surface area contributed by atoms with Crippen LogP contribution in [0.4, 0.5) is 14.6 Å². The third kappa shape index (κ3) is 4.57. The van der Waals surface area contributed by atoms with Crippen molar-refractivity contribution >= 4 is 22.6 Å². The number of amides is 1. The van der Waals surface area contributed by atoms with Gasteiger partial charge in [0.15, 0.2) is 23.2 Å². The van der Waals surface area contributed by atoms with Crippen LogP contribution in [0.5, 0.6) is 11.5 Å². The number of nitrogens with zero attached hydrogens (tertiary/aromatic N) is 3. The number of benzene rings is 2.